The van der Waals surface area contributed by atoms with Gasteiger partial charge in [-0.2, -0.15) is 0 Å². The molecule has 0 aromatic rings. The van der Waals surface area contributed by atoms with Crippen LogP contribution in [0.3, 0.4) is 0 Å². The number of amidine groups is 1. The first-order valence-corrected chi connectivity index (χ1v) is 6.92. The maximum absolute atomic E-state index is 4.84. The maximum atomic E-state index is 4.84. The Morgan fingerprint density at radius 2 is 2.07 bits per heavy atom. The van der Waals surface area contributed by atoms with Crippen molar-refractivity contribution >= 4 is 16.9 Å². The van der Waals surface area contributed by atoms with Gasteiger partial charge in [-0.25, -0.2) is 0 Å². The van der Waals surface area contributed by atoms with Gasteiger partial charge in [-0.05, 0) is 24.2 Å². The van der Waals surface area contributed by atoms with E-state index in [-0.39, 0.29) is 0 Å². The van der Waals surface area contributed by atoms with Crippen molar-refractivity contribution in [2.45, 2.75) is 52.6 Å². The summed E-state index contributed by atoms with van der Waals surface area (Å²) < 4.78 is 0. The van der Waals surface area contributed by atoms with Crippen molar-refractivity contribution < 1.29 is 0 Å². The lowest BCUT2D eigenvalue weighted by Gasteiger charge is -2.31. The topological polar surface area (TPSA) is 24.4 Å². The smallest absolute Gasteiger partial charge is 0.157 e. The number of hydrogen-bond donors (Lipinski definition) is 1. The number of rotatable bonds is 1. The van der Waals surface area contributed by atoms with Gasteiger partial charge in [-0.3, -0.25) is 4.99 Å². The van der Waals surface area contributed by atoms with Crippen LogP contribution in [-0.2, 0) is 0 Å². The van der Waals surface area contributed by atoms with Crippen LogP contribution in [0.2, 0.25) is 0 Å². The third-order valence-corrected chi connectivity index (χ3v) is 4.26. The zero-order valence-electron chi connectivity index (χ0n) is 10.2. The summed E-state index contributed by atoms with van der Waals surface area (Å²) in [7, 11) is 0. The van der Waals surface area contributed by atoms with E-state index in [4.69, 9.17) is 4.99 Å². The fraction of sp³-hybridized carbons (Fsp3) is 0.917. The summed E-state index contributed by atoms with van der Waals surface area (Å²) in [4.78, 5) is 4.84. The predicted octanol–water partition coefficient (Wildman–Crippen LogP) is 2.89. The molecule has 86 valence electrons. The number of aliphatic imine (C=N–C) groups is 1. The molecular weight excluding hydrogens is 204 g/mol. The van der Waals surface area contributed by atoms with E-state index in [1.807, 2.05) is 11.8 Å². The first-order valence-electron chi connectivity index (χ1n) is 5.94. The van der Waals surface area contributed by atoms with Gasteiger partial charge in [0.1, 0.15) is 0 Å². The van der Waals surface area contributed by atoms with Crippen LogP contribution in [-0.4, -0.2) is 23.0 Å². The van der Waals surface area contributed by atoms with Crippen LogP contribution < -0.4 is 5.32 Å². The normalized spacial score (nSPS) is 36.0. The highest BCUT2D eigenvalue weighted by Gasteiger charge is 2.35. The molecule has 1 aliphatic heterocycles. The molecule has 0 aromatic carbocycles. The molecule has 2 aliphatic rings. The Kier molecular flexibility index (Phi) is 3.02. The van der Waals surface area contributed by atoms with Crippen molar-refractivity contribution in [3.63, 3.8) is 0 Å². The van der Waals surface area contributed by atoms with Gasteiger partial charge < -0.3 is 5.32 Å². The highest BCUT2D eigenvalue weighted by molar-refractivity contribution is 8.13. The summed E-state index contributed by atoms with van der Waals surface area (Å²) in [5.74, 6) is 2.07. The molecule has 2 rings (SSSR count). The van der Waals surface area contributed by atoms with Gasteiger partial charge >= 0.3 is 0 Å². The van der Waals surface area contributed by atoms with Crippen LogP contribution in [0, 0.1) is 11.3 Å². The minimum atomic E-state index is 0.309. The molecule has 3 atom stereocenters. The Labute approximate surface area is 97.3 Å². The Morgan fingerprint density at radius 3 is 2.60 bits per heavy atom. The lowest BCUT2D eigenvalue weighted by atomic mass is 9.85. The highest BCUT2D eigenvalue weighted by atomic mass is 32.2. The third kappa shape index (κ3) is 2.90. The number of hydrogen-bond acceptors (Lipinski definition) is 3. The molecule has 1 heterocycles. The quantitative estimate of drug-likeness (QED) is 0.743. The summed E-state index contributed by atoms with van der Waals surface area (Å²) >= 11 is 1.89. The van der Waals surface area contributed by atoms with Crippen LogP contribution in [0.25, 0.3) is 0 Å². The first-order chi connectivity index (χ1) is 6.97. The van der Waals surface area contributed by atoms with Crippen molar-refractivity contribution in [3.05, 3.63) is 0 Å². The van der Waals surface area contributed by atoms with E-state index in [2.05, 4.69) is 33.0 Å². The zero-order valence-corrected chi connectivity index (χ0v) is 11.0. The predicted molar refractivity (Wildman–Crippen MR) is 68.5 cm³/mol. The molecule has 1 N–H and O–H groups in total. The Balaban J connectivity index is 1.96. The van der Waals surface area contributed by atoms with E-state index < -0.39 is 0 Å². The van der Waals surface area contributed by atoms with E-state index in [0.29, 0.717) is 17.5 Å². The van der Waals surface area contributed by atoms with Crippen LogP contribution in [0.15, 0.2) is 4.99 Å². The highest BCUT2D eigenvalue weighted by Crippen LogP contribution is 2.33. The van der Waals surface area contributed by atoms with Gasteiger partial charge in [-0.15, -0.1) is 0 Å². The molecule has 1 aliphatic carbocycles. The van der Waals surface area contributed by atoms with Gasteiger partial charge in [0.25, 0.3) is 0 Å². The molecular formula is C12H22N2S. The van der Waals surface area contributed by atoms with Gasteiger partial charge in [0.2, 0.25) is 0 Å². The molecule has 0 aromatic heterocycles. The number of nitrogens with one attached hydrogen (secondary N) is 1. The van der Waals surface area contributed by atoms with Crippen molar-refractivity contribution in [2.24, 2.45) is 16.3 Å². The molecule has 0 saturated heterocycles. The van der Waals surface area contributed by atoms with E-state index in [9.17, 15) is 0 Å². The second-order valence-corrected chi connectivity index (χ2v) is 7.00. The molecule has 3 unspecified atom stereocenters. The third-order valence-electron chi connectivity index (χ3n) is 3.32. The Bertz CT molecular complexity index is 267. The van der Waals surface area contributed by atoms with Gasteiger partial charge in [0.05, 0.1) is 6.04 Å². The molecule has 0 spiro atoms. The molecule has 15 heavy (non-hydrogen) atoms. The van der Waals surface area contributed by atoms with Gasteiger partial charge in [-0.1, -0.05) is 39.5 Å². The van der Waals surface area contributed by atoms with E-state index in [1.165, 1.54) is 23.8 Å². The van der Waals surface area contributed by atoms with Crippen LogP contribution in [0.5, 0.6) is 0 Å². The minimum Gasteiger partial charge on any atom is -0.362 e. The van der Waals surface area contributed by atoms with Crippen molar-refractivity contribution in [1.82, 2.24) is 5.32 Å². The minimum absolute atomic E-state index is 0.309. The van der Waals surface area contributed by atoms with Gasteiger partial charge in [0, 0.05) is 11.8 Å². The molecule has 2 nitrogen and oxygen atoms in total. The second-order valence-electron chi connectivity index (χ2n) is 5.92. The summed E-state index contributed by atoms with van der Waals surface area (Å²) in [5, 5.41) is 4.75. The maximum Gasteiger partial charge on any atom is 0.157 e. The average Bonchev–Trinajstić information content (AvgIpc) is 2.81. The summed E-state index contributed by atoms with van der Waals surface area (Å²) in [6.45, 7) is 9.16. The molecule has 1 saturated carbocycles. The van der Waals surface area contributed by atoms with Crippen LogP contribution >= 0.6 is 11.8 Å². The molecule has 0 bridgehead atoms. The number of nitrogens with zero attached hydrogens (tertiary/aromatic N) is 1. The van der Waals surface area contributed by atoms with Crippen LogP contribution in [0.4, 0.5) is 0 Å². The summed E-state index contributed by atoms with van der Waals surface area (Å²) in [6, 6.07) is 1.20. The Morgan fingerprint density at radius 1 is 1.40 bits per heavy atom. The van der Waals surface area contributed by atoms with Crippen molar-refractivity contribution in [2.75, 3.05) is 5.75 Å². The molecule has 3 heteroatoms. The standard InChI is InChI=1S/C12H22N2S/c1-8-7-9(8)13-11-14-10(5-6-15-11)12(2,3)4/h8-10H,5-7H2,1-4H3,(H,13,14). The molecule has 0 radical (unpaired) electrons. The van der Waals surface area contributed by atoms with Crippen molar-refractivity contribution in [3.8, 4) is 0 Å². The summed E-state index contributed by atoms with van der Waals surface area (Å²) in [5.41, 5.74) is 0.309. The average molecular weight is 226 g/mol. The SMILES string of the molecule is CC1CC1NC1=NC(C(C)(C)C)CCS1. The van der Waals surface area contributed by atoms with E-state index in [0.717, 1.165) is 5.92 Å². The fourth-order valence-corrected chi connectivity index (χ4v) is 2.87. The monoisotopic (exact) mass is 226 g/mol. The van der Waals surface area contributed by atoms with E-state index in [1.54, 1.807) is 0 Å². The molecule has 1 fully saturated rings. The largest absolute Gasteiger partial charge is 0.362 e. The lowest BCUT2D eigenvalue weighted by Crippen LogP contribution is -2.34. The lowest BCUT2D eigenvalue weighted by molar-refractivity contribution is 0.315. The zero-order chi connectivity index (χ0) is 11.1. The summed E-state index contributed by atoms with van der Waals surface area (Å²) in [6.07, 6.45) is 2.54. The number of thioether (sulfide) groups is 1. The van der Waals surface area contributed by atoms with Crippen LogP contribution in [0.1, 0.15) is 40.5 Å². The van der Waals surface area contributed by atoms with E-state index >= 15 is 0 Å². The molecule has 0 amide bonds. The Hall–Kier alpha value is -0.180. The first kappa shape index (κ1) is 11.3. The van der Waals surface area contributed by atoms with Crippen molar-refractivity contribution in [1.29, 1.82) is 0 Å². The second kappa shape index (κ2) is 4.00. The van der Waals surface area contributed by atoms with Gasteiger partial charge in [0.15, 0.2) is 5.17 Å². The fourth-order valence-electron chi connectivity index (χ4n) is 1.90.